The fourth-order valence-electron chi connectivity index (χ4n) is 2.14. The van der Waals surface area contributed by atoms with E-state index in [-0.39, 0.29) is 6.42 Å². The van der Waals surface area contributed by atoms with Crippen LogP contribution in [-0.2, 0) is 14.3 Å². The van der Waals surface area contributed by atoms with E-state index < -0.39 is 34.0 Å². The van der Waals surface area contributed by atoms with Gasteiger partial charge in [-0.1, -0.05) is 0 Å². The largest absolute Gasteiger partial charge is 0.469 e. The van der Waals surface area contributed by atoms with Crippen LogP contribution in [0.5, 0.6) is 0 Å². The highest BCUT2D eigenvalue weighted by molar-refractivity contribution is 6.64. The third-order valence-corrected chi connectivity index (χ3v) is 3.15. The molecule has 3 atom stereocenters. The van der Waals surface area contributed by atoms with Crippen molar-refractivity contribution in [1.29, 1.82) is 0 Å². The number of carbonyl (C=O) groups excluding carboxylic acids is 2. The van der Waals surface area contributed by atoms with Crippen LogP contribution in [0.1, 0.15) is 19.3 Å². The summed E-state index contributed by atoms with van der Waals surface area (Å²) >= 11 is 5.34. The van der Waals surface area contributed by atoms with Gasteiger partial charge in [0, 0.05) is 11.3 Å². The summed E-state index contributed by atoms with van der Waals surface area (Å²) in [6.45, 7) is 0. The first kappa shape index (κ1) is 12.9. The van der Waals surface area contributed by atoms with E-state index in [2.05, 4.69) is 4.74 Å². The quantitative estimate of drug-likeness (QED) is 0.322. The molecule has 0 aromatic carbocycles. The third-order valence-electron chi connectivity index (χ3n) is 2.90. The second-order valence-electron chi connectivity index (χ2n) is 3.74. The molecule has 0 aromatic rings. The van der Waals surface area contributed by atoms with Gasteiger partial charge in [0.15, 0.2) is 0 Å². The second kappa shape index (κ2) is 5.25. The van der Waals surface area contributed by atoms with Crippen molar-refractivity contribution in [3.05, 3.63) is 10.1 Å². The number of rotatable bonds is 3. The summed E-state index contributed by atoms with van der Waals surface area (Å²) in [5.41, 5.74) is 0. The topological polar surface area (TPSA) is 86.5 Å². The first-order valence-corrected chi connectivity index (χ1v) is 5.27. The van der Waals surface area contributed by atoms with Crippen LogP contribution in [0.2, 0.25) is 0 Å². The van der Waals surface area contributed by atoms with Gasteiger partial charge in [-0.25, -0.2) is 0 Å². The van der Waals surface area contributed by atoms with Crippen LogP contribution in [-0.4, -0.2) is 29.3 Å². The van der Waals surface area contributed by atoms with Gasteiger partial charge in [0.25, 0.3) is 0 Å². The van der Waals surface area contributed by atoms with Crippen LogP contribution in [0.4, 0.5) is 0 Å². The third kappa shape index (κ3) is 2.49. The maximum atomic E-state index is 11.4. The van der Waals surface area contributed by atoms with E-state index in [0.717, 1.165) is 0 Å². The Morgan fingerprint density at radius 3 is 2.50 bits per heavy atom. The summed E-state index contributed by atoms with van der Waals surface area (Å²) in [5, 5.41) is 9.93. The molecule has 16 heavy (non-hydrogen) atoms. The minimum Gasteiger partial charge on any atom is -0.469 e. The van der Waals surface area contributed by atoms with Crippen molar-refractivity contribution in [2.45, 2.75) is 25.3 Å². The first-order chi connectivity index (χ1) is 7.49. The van der Waals surface area contributed by atoms with Crippen LogP contribution in [0.15, 0.2) is 0 Å². The van der Waals surface area contributed by atoms with E-state index >= 15 is 0 Å². The number of halogens is 1. The van der Waals surface area contributed by atoms with Crippen molar-refractivity contribution < 1.29 is 19.2 Å². The van der Waals surface area contributed by atoms with Gasteiger partial charge in [-0.2, -0.15) is 0 Å². The van der Waals surface area contributed by atoms with Crippen molar-refractivity contribution in [2.24, 2.45) is 11.8 Å². The monoisotopic (exact) mass is 249 g/mol. The van der Waals surface area contributed by atoms with Crippen LogP contribution >= 0.6 is 11.6 Å². The highest BCUT2D eigenvalue weighted by Crippen LogP contribution is 2.34. The van der Waals surface area contributed by atoms with Crippen molar-refractivity contribution in [2.75, 3.05) is 7.11 Å². The summed E-state index contributed by atoms with van der Waals surface area (Å²) in [6.07, 6.45) is 1.19. The summed E-state index contributed by atoms with van der Waals surface area (Å²) in [7, 11) is 1.19. The van der Waals surface area contributed by atoms with Crippen LogP contribution in [0, 0.1) is 22.0 Å². The van der Waals surface area contributed by atoms with Gasteiger partial charge in [0.05, 0.1) is 13.0 Å². The zero-order valence-electron chi connectivity index (χ0n) is 8.72. The van der Waals surface area contributed by atoms with Gasteiger partial charge in [-0.05, 0) is 24.4 Å². The molecule has 1 fully saturated rings. The second-order valence-corrected chi connectivity index (χ2v) is 4.12. The number of esters is 1. The van der Waals surface area contributed by atoms with E-state index in [9.17, 15) is 19.7 Å². The Morgan fingerprint density at radius 1 is 1.44 bits per heavy atom. The number of hydrogen-bond donors (Lipinski definition) is 0. The minimum absolute atomic E-state index is 0.267. The molecule has 0 amide bonds. The predicted octanol–water partition coefficient (Wildman–Crippen LogP) is 0.986. The Bertz CT molecular complexity index is 319. The molecule has 0 N–H and O–H groups in total. The molecule has 1 aliphatic carbocycles. The number of ether oxygens (including phenoxy) is 1. The molecule has 7 heteroatoms. The van der Waals surface area contributed by atoms with Gasteiger partial charge in [0.1, 0.15) is 5.92 Å². The number of methoxy groups -OCH3 is 1. The zero-order chi connectivity index (χ0) is 12.3. The molecule has 0 spiro atoms. The molecular weight excluding hydrogens is 238 g/mol. The van der Waals surface area contributed by atoms with E-state index in [0.29, 0.717) is 12.8 Å². The standard InChI is InChI=1S/C9H12ClNO5/c1-16-9(13)5-3-2-4-6(11(14)15)7(5)8(10)12/h5-7H,2-4H2,1H3. The summed E-state index contributed by atoms with van der Waals surface area (Å²) in [4.78, 5) is 32.8. The molecule has 1 rings (SSSR count). The van der Waals surface area contributed by atoms with Crippen LogP contribution in [0.25, 0.3) is 0 Å². The lowest BCUT2D eigenvalue weighted by Crippen LogP contribution is -2.44. The van der Waals surface area contributed by atoms with Gasteiger partial charge in [-0.3, -0.25) is 19.7 Å². The average molecular weight is 250 g/mol. The van der Waals surface area contributed by atoms with Crippen LogP contribution in [0.3, 0.4) is 0 Å². The molecule has 1 saturated carbocycles. The highest BCUT2D eigenvalue weighted by atomic mass is 35.5. The molecule has 6 nitrogen and oxygen atoms in total. The molecule has 0 aromatic heterocycles. The first-order valence-electron chi connectivity index (χ1n) is 4.89. The van der Waals surface area contributed by atoms with Gasteiger partial charge in [-0.15, -0.1) is 0 Å². The Balaban J connectivity index is 2.95. The summed E-state index contributed by atoms with van der Waals surface area (Å²) in [5.74, 6) is -2.47. The Morgan fingerprint density at radius 2 is 2.06 bits per heavy atom. The van der Waals surface area contributed by atoms with Gasteiger partial charge >= 0.3 is 5.97 Å². The maximum absolute atomic E-state index is 11.4. The fourth-order valence-corrected chi connectivity index (χ4v) is 2.43. The molecule has 0 bridgehead atoms. The molecule has 0 radical (unpaired) electrons. The maximum Gasteiger partial charge on any atom is 0.309 e. The van der Waals surface area contributed by atoms with Gasteiger partial charge in [0.2, 0.25) is 11.3 Å². The van der Waals surface area contributed by atoms with Crippen molar-refractivity contribution in [1.82, 2.24) is 0 Å². The Labute approximate surface area is 97.0 Å². The SMILES string of the molecule is COC(=O)C1CCCC([N+](=O)[O-])C1C(=O)Cl. The van der Waals surface area contributed by atoms with Crippen LogP contribution < -0.4 is 0 Å². The summed E-state index contributed by atoms with van der Waals surface area (Å²) in [6, 6.07) is -1.08. The number of nitrogens with zero attached hydrogens (tertiary/aromatic N) is 1. The normalized spacial score (nSPS) is 29.5. The van der Waals surface area contributed by atoms with Crippen molar-refractivity contribution in [3.63, 3.8) is 0 Å². The van der Waals surface area contributed by atoms with E-state index in [1.807, 2.05) is 0 Å². The molecule has 1 aliphatic rings. The van der Waals surface area contributed by atoms with Gasteiger partial charge < -0.3 is 4.74 Å². The Kier molecular flexibility index (Phi) is 4.23. The lowest BCUT2D eigenvalue weighted by atomic mass is 9.76. The predicted molar refractivity (Wildman–Crippen MR) is 54.5 cm³/mol. The molecule has 3 unspecified atom stereocenters. The number of hydrogen-bond acceptors (Lipinski definition) is 5. The fraction of sp³-hybridized carbons (Fsp3) is 0.778. The van der Waals surface area contributed by atoms with E-state index in [1.54, 1.807) is 0 Å². The minimum atomic E-state index is -1.08. The molecule has 0 aliphatic heterocycles. The zero-order valence-corrected chi connectivity index (χ0v) is 9.48. The molecule has 0 saturated heterocycles. The Hall–Kier alpha value is -1.17. The van der Waals surface area contributed by atoms with Crippen molar-refractivity contribution >= 4 is 22.8 Å². The molecular formula is C9H12ClNO5. The lowest BCUT2D eigenvalue weighted by molar-refractivity contribution is -0.533. The molecule has 90 valence electrons. The smallest absolute Gasteiger partial charge is 0.309 e. The number of nitro groups is 1. The lowest BCUT2D eigenvalue weighted by Gasteiger charge is -2.28. The van der Waals surface area contributed by atoms with Crippen molar-refractivity contribution in [3.8, 4) is 0 Å². The highest BCUT2D eigenvalue weighted by Gasteiger charge is 2.48. The average Bonchev–Trinajstić information content (AvgIpc) is 2.26. The summed E-state index contributed by atoms with van der Waals surface area (Å²) < 4.78 is 4.53. The number of carbonyl (C=O) groups is 2. The molecule has 0 heterocycles. The van der Waals surface area contributed by atoms with E-state index in [1.165, 1.54) is 7.11 Å². The van der Waals surface area contributed by atoms with E-state index in [4.69, 9.17) is 11.6 Å².